The van der Waals surface area contributed by atoms with E-state index in [-0.39, 0.29) is 18.3 Å². The molecule has 1 aromatic heterocycles. The lowest BCUT2D eigenvalue weighted by molar-refractivity contribution is -0.145. The molecule has 4 N–H and O–H groups in total. The Hall–Kier alpha value is -1.61. The van der Waals surface area contributed by atoms with E-state index in [0.29, 0.717) is 11.6 Å². The third-order valence-corrected chi connectivity index (χ3v) is 4.06. The molecule has 0 aliphatic rings. The SMILES string of the molecule is CC(=O)OCC(=O)CCCSCc1csc(N=C(N)N)n1. The number of thiazole rings is 1. The minimum absolute atomic E-state index is 0.00477. The summed E-state index contributed by atoms with van der Waals surface area (Å²) in [7, 11) is 0. The van der Waals surface area contributed by atoms with Gasteiger partial charge in [0.25, 0.3) is 0 Å². The standard InChI is InChI=1S/C12H18N4O3S2/c1-8(17)19-5-10(18)3-2-4-20-6-9-7-21-12(15-9)16-11(13)14/h7H,2-6H2,1H3,(H4,13,14,15,16). The van der Waals surface area contributed by atoms with E-state index >= 15 is 0 Å². The lowest BCUT2D eigenvalue weighted by Crippen LogP contribution is -2.21. The van der Waals surface area contributed by atoms with Crippen molar-refractivity contribution in [2.24, 2.45) is 16.5 Å². The lowest BCUT2D eigenvalue weighted by Gasteiger charge is -2.01. The van der Waals surface area contributed by atoms with Crippen LogP contribution in [0.2, 0.25) is 0 Å². The van der Waals surface area contributed by atoms with Gasteiger partial charge in [0.05, 0.1) is 5.69 Å². The summed E-state index contributed by atoms with van der Waals surface area (Å²) >= 11 is 3.06. The zero-order valence-corrected chi connectivity index (χ0v) is 13.3. The normalized spacial score (nSPS) is 10.1. The van der Waals surface area contributed by atoms with Crippen LogP contribution in [0.1, 0.15) is 25.5 Å². The molecule has 1 aromatic rings. The first kappa shape index (κ1) is 17.4. The number of carbonyl (C=O) groups excluding carboxylic acids is 2. The van der Waals surface area contributed by atoms with Gasteiger partial charge < -0.3 is 16.2 Å². The molecule has 0 aromatic carbocycles. The summed E-state index contributed by atoms with van der Waals surface area (Å²) in [6, 6.07) is 0. The summed E-state index contributed by atoms with van der Waals surface area (Å²) in [4.78, 5) is 30.0. The van der Waals surface area contributed by atoms with Gasteiger partial charge in [0.1, 0.15) is 6.61 Å². The van der Waals surface area contributed by atoms with E-state index in [4.69, 9.17) is 11.5 Å². The largest absolute Gasteiger partial charge is 0.458 e. The molecule has 1 rings (SSSR count). The first-order valence-corrected chi connectivity index (χ1v) is 8.27. The zero-order valence-electron chi connectivity index (χ0n) is 11.7. The van der Waals surface area contributed by atoms with E-state index < -0.39 is 5.97 Å². The molecule has 0 aliphatic heterocycles. The topological polar surface area (TPSA) is 121 Å². The van der Waals surface area contributed by atoms with Gasteiger partial charge in [-0.25, -0.2) is 4.98 Å². The van der Waals surface area contributed by atoms with Crippen LogP contribution < -0.4 is 11.5 Å². The molecule has 0 unspecified atom stereocenters. The number of ether oxygens (including phenoxy) is 1. The average molecular weight is 330 g/mol. The van der Waals surface area contributed by atoms with E-state index in [2.05, 4.69) is 14.7 Å². The van der Waals surface area contributed by atoms with Crippen LogP contribution in [0.5, 0.6) is 0 Å². The fourth-order valence-electron chi connectivity index (χ4n) is 1.33. The Morgan fingerprint density at radius 1 is 1.48 bits per heavy atom. The molecule has 0 spiro atoms. The minimum atomic E-state index is -0.433. The van der Waals surface area contributed by atoms with Crippen LogP contribution in [0.25, 0.3) is 0 Å². The molecule has 0 amide bonds. The van der Waals surface area contributed by atoms with E-state index in [1.165, 1.54) is 18.3 Å². The highest BCUT2D eigenvalue weighted by atomic mass is 32.2. The van der Waals surface area contributed by atoms with Gasteiger partial charge in [-0.1, -0.05) is 0 Å². The summed E-state index contributed by atoms with van der Waals surface area (Å²) in [6.45, 7) is 1.15. The number of rotatable bonds is 9. The van der Waals surface area contributed by atoms with Crippen molar-refractivity contribution in [3.63, 3.8) is 0 Å². The van der Waals surface area contributed by atoms with Gasteiger partial charge in [-0.15, -0.1) is 11.3 Å². The third kappa shape index (κ3) is 8.30. The zero-order chi connectivity index (χ0) is 15.7. The van der Waals surface area contributed by atoms with Crippen LogP contribution in [0.15, 0.2) is 10.4 Å². The van der Waals surface area contributed by atoms with Gasteiger partial charge in [0.15, 0.2) is 11.7 Å². The number of nitrogens with two attached hydrogens (primary N) is 2. The number of hydrogen-bond donors (Lipinski definition) is 2. The lowest BCUT2D eigenvalue weighted by atomic mass is 10.2. The highest BCUT2D eigenvalue weighted by molar-refractivity contribution is 7.98. The van der Waals surface area contributed by atoms with Crippen LogP contribution in [-0.2, 0) is 20.1 Å². The highest BCUT2D eigenvalue weighted by Gasteiger charge is 2.05. The predicted octanol–water partition coefficient (Wildman–Crippen LogP) is 1.19. The summed E-state index contributed by atoms with van der Waals surface area (Å²) in [5.74, 6) is 1.08. The second-order valence-electron chi connectivity index (χ2n) is 4.13. The molecule has 0 aliphatic carbocycles. The average Bonchev–Trinajstić information content (AvgIpc) is 2.82. The van der Waals surface area contributed by atoms with Gasteiger partial charge in [-0.2, -0.15) is 16.8 Å². The van der Waals surface area contributed by atoms with Gasteiger partial charge in [0, 0.05) is 24.5 Å². The van der Waals surface area contributed by atoms with E-state index in [1.807, 2.05) is 5.38 Å². The third-order valence-electron chi connectivity index (χ3n) is 2.20. The summed E-state index contributed by atoms with van der Waals surface area (Å²) in [5, 5.41) is 2.45. The highest BCUT2D eigenvalue weighted by Crippen LogP contribution is 2.22. The molecule has 1 heterocycles. The van der Waals surface area contributed by atoms with Crippen molar-refractivity contribution in [3.05, 3.63) is 11.1 Å². The molecule has 0 saturated heterocycles. The van der Waals surface area contributed by atoms with Crippen molar-refractivity contribution in [1.82, 2.24) is 4.98 Å². The number of esters is 1. The number of hydrogen-bond acceptors (Lipinski definition) is 7. The summed E-state index contributed by atoms with van der Waals surface area (Å²) in [6.07, 6.45) is 1.16. The Bertz CT molecular complexity index is 512. The molecular formula is C12H18N4O3S2. The Morgan fingerprint density at radius 2 is 2.24 bits per heavy atom. The van der Waals surface area contributed by atoms with Crippen molar-refractivity contribution in [3.8, 4) is 0 Å². The molecule has 0 fully saturated rings. The minimum Gasteiger partial charge on any atom is -0.458 e. The number of thioether (sulfide) groups is 1. The van der Waals surface area contributed by atoms with Crippen LogP contribution in [-0.4, -0.2) is 35.1 Å². The first-order chi connectivity index (χ1) is 9.97. The number of nitrogens with zero attached hydrogens (tertiary/aromatic N) is 2. The Morgan fingerprint density at radius 3 is 2.90 bits per heavy atom. The maximum atomic E-state index is 11.4. The number of aliphatic imine (C=N–C) groups is 1. The Balaban J connectivity index is 2.14. The molecule has 0 saturated carbocycles. The quantitative estimate of drug-likeness (QED) is 0.302. The molecule has 21 heavy (non-hydrogen) atoms. The number of ketones is 1. The predicted molar refractivity (Wildman–Crippen MR) is 84.6 cm³/mol. The second kappa shape index (κ2) is 9.35. The van der Waals surface area contributed by atoms with E-state index in [9.17, 15) is 9.59 Å². The van der Waals surface area contributed by atoms with Gasteiger partial charge >= 0.3 is 5.97 Å². The van der Waals surface area contributed by atoms with Gasteiger partial charge in [-0.3, -0.25) is 9.59 Å². The molecule has 0 bridgehead atoms. The second-order valence-corrected chi connectivity index (χ2v) is 6.07. The number of aromatic nitrogens is 1. The Labute approximate surface area is 131 Å². The molecule has 116 valence electrons. The van der Waals surface area contributed by atoms with Gasteiger partial charge in [-0.05, 0) is 12.2 Å². The number of Topliss-reactive ketones (excluding diaryl/α,β-unsaturated/α-hetero) is 1. The van der Waals surface area contributed by atoms with Crippen molar-refractivity contribution in [2.75, 3.05) is 12.4 Å². The maximum absolute atomic E-state index is 11.4. The fraction of sp³-hybridized carbons (Fsp3) is 0.500. The Kier molecular flexibility index (Phi) is 7.76. The van der Waals surface area contributed by atoms with Crippen molar-refractivity contribution < 1.29 is 14.3 Å². The summed E-state index contributed by atoms with van der Waals surface area (Å²) < 4.78 is 4.63. The van der Waals surface area contributed by atoms with Crippen molar-refractivity contribution in [2.45, 2.75) is 25.5 Å². The van der Waals surface area contributed by atoms with Crippen LogP contribution in [0, 0.1) is 0 Å². The van der Waals surface area contributed by atoms with Crippen LogP contribution in [0.3, 0.4) is 0 Å². The van der Waals surface area contributed by atoms with Crippen LogP contribution >= 0.6 is 23.1 Å². The van der Waals surface area contributed by atoms with Crippen molar-refractivity contribution in [1.29, 1.82) is 0 Å². The molecule has 9 heteroatoms. The molecule has 7 nitrogen and oxygen atoms in total. The first-order valence-electron chi connectivity index (χ1n) is 6.24. The van der Waals surface area contributed by atoms with E-state index in [0.717, 1.165) is 23.6 Å². The smallest absolute Gasteiger partial charge is 0.303 e. The maximum Gasteiger partial charge on any atom is 0.303 e. The van der Waals surface area contributed by atoms with Crippen LogP contribution in [0.4, 0.5) is 5.13 Å². The number of guanidine groups is 1. The monoisotopic (exact) mass is 330 g/mol. The molecule has 0 atom stereocenters. The van der Waals surface area contributed by atoms with Gasteiger partial charge in [0.2, 0.25) is 5.13 Å². The van der Waals surface area contributed by atoms with E-state index in [1.54, 1.807) is 11.8 Å². The molecular weight excluding hydrogens is 312 g/mol. The molecule has 0 radical (unpaired) electrons. The summed E-state index contributed by atoms with van der Waals surface area (Å²) in [5.41, 5.74) is 11.5. The van der Waals surface area contributed by atoms with Crippen molar-refractivity contribution >= 4 is 45.9 Å². The fourth-order valence-corrected chi connectivity index (χ4v) is 2.99. The number of carbonyl (C=O) groups is 2.